The van der Waals surface area contributed by atoms with Gasteiger partial charge >= 0.3 is 24.4 Å². The molecule has 0 aliphatic carbocycles. The predicted octanol–water partition coefficient (Wildman–Crippen LogP) is -0.633. The van der Waals surface area contributed by atoms with Crippen molar-refractivity contribution in [1.29, 1.82) is 0 Å². The van der Waals surface area contributed by atoms with Crippen LogP contribution in [0, 0.1) is 0 Å². The van der Waals surface area contributed by atoms with Gasteiger partial charge in [0.1, 0.15) is 6.29 Å². The van der Waals surface area contributed by atoms with Gasteiger partial charge in [-0.1, -0.05) is 13.3 Å². The topological polar surface area (TPSA) is 48.6 Å². The van der Waals surface area contributed by atoms with E-state index in [2.05, 4.69) is 6.92 Å². The van der Waals surface area contributed by atoms with Gasteiger partial charge < -0.3 is 10.3 Å². The third-order valence-electron chi connectivity index (χ3n) is 0.676. The van der Waals surface area contributed by atoms with Gasteiger partial charge in [-0.15, -0.1) is 0 Å². The zero-order chi connectivity index (χ0) is 4.83. The third-order valence-corrected chi connectivity index (χ3v) is 0.676. The second-order valence-electron chi connectivity index (χ2n) is 1.31. The number of hydrogen-bond donors (Lipinski definition) is 0. The quantitative estimate of drug-likeness (QED) is 0.361. The molecule has 2 N–H and O–H groups in total. The molecule has 0 atom stereocenters. The standard InChI is InChI=1S/C5H10O.H2O.Sb.3H/c1-2-3-4-5-6;;;;;/h5H,2-4H2,1H3;1H2;;;;. The van der Waals surface area contributed by atoms with Crippen molar-refractivity contribution in [2.24, 2.45) is 0 Å². The molecule has 0 amide bonds. The van der Waals surface area contributed by atoms with Gasteiger partial charge in [0.15, 0.2) is 0 Å². The molecule has 0 unspecified atom stereocenters. The second kappa shape index (κ2) is 15.7. The first kappa shape index (κ1) is 15.8. The SMILES string of the molecule is CCCCC=O.O.[SbH3]. The molecule has 52 valence electrons. The monoisotopic (exact) mass is 228 g/mol. The Hall–Kier alpha value is 0.448. The van der Waals surface area contributed by atoms with Crippen LogP contribution in [0.25, 0.3) is 0 Å². The summed E-state index contributed by atoms with van der Waals surface area (Å²) in [5.41, 5.74) is 0. The van der Waals surface area contributed by atoms with Crippen molar-refractivity contribution in [2.45, 2.75) is 26.2 Å². The summed E-state index contributed by atoms with van der Waals surface area (Å²) in [5, 5.41) is 0. The average molecular weight is 229 g/mol. The van der Waals surface area contributed by atoms with Crippen molar-refractivity contribution >= 4 is 30.7 Å². The van der Waals surface area contributed by atoms with Gasteiger partial charge in [0, 0.05) is 6.42 Å². The molecule has 2 nitrogen and oxygen atoms in total. The van der Waals surface area contributed by atoms with Gasteiger partial charge in [0.25, 0.3) is 0 Å². The third kappa shape index (κ3) is 16.1. The molecule has 0 aliphatic heterocycles. The van der Waals surface area contributed by atoms with E-state index in [4.69, 9.17) is 0 Å². The number of carbonyl (C=O) groups excluding carboxylic acids is 1. The maximum atomic E-state index is 9.56. The van der Waals surface area contributed by atoms with E-state index in [0.29, 0.717) is 0 Å². The Morgan fingerprint density at radius 1 is 1.50 bits per heavy atom. The molecule has 0 aromatic rings. The summed E-state index contributed by atoms with van der Waals surface area (Å²) in [4.78, 5) is 9.56. The molecule has 3 heteroatoms. The summed E-state index contributed by atoms with van der Waals surface area (Å²) in [7, 11) is 0. The number of aldehydes is 1. The van der Waals surface area contributed by atoms with Crippen LogP contribution in [-0.2, 0) is 4.79 Å². The first-order valence-electron chi connectivity index (χ1n) is 2.35. The van der Waals surface area contributed by atoms with Crippen molar-refractivity contribution in [2.75, 3.05) is 0 Å². The number of carbonyl (C=O) groups is 1. The van der Waals surface area contributed by atoms with Crippen LogP contribution in [0.4, 0.5) is 0 Å². The number of rotatable bonds is 3. The van der Waals surface area contributed by atoms with Crippen molar-refractivity contribution in [3.05, 3.63) is 0 Å². The molecular weight excluding hydrogens is 214 g/mol. The first-order chi connectivity index (χ1) is 2.91. The zero-order valence-electron chi connectivity index (χ0n) is 5.31. The van der Waals surface area contributed by atoms with Gasteiger partial charge in [-0.2, -0.15) is 0 Å². The van der Waals surface area contributed by atoms with Gasteiger partial charge in [-0.05, 0) is 6.42 Å². The van der Waals surface area contributed by atoms with E-state index in [1.54, 1.807) is 0 Å². The zero-order valence-corrected chi connectivity index (χ0v) is 9.35. The molecule has 0 bridgehead atoms. The van der Waals surface area contributed by atoms with Crippen LogP contribution < -0.4 is 0 Å². The van der Waals surface area contributed by atoms with Crippen LogP contribution >= 0.6 is 0 Å². The fourth-order valence-corrected chi connectivity index (χ4v) is 0.287. The van der Waals surface area contributed by atoms with Gasteiger partial charge in [0.05, 0.1) is 0 Å². The minimum absolute atomic E-state index is 0. The van der Waals surface area contributed by atoms with Crippen molar-refractivity contribution in [3.63, 3.8) is 0 Å². The van der Waals surface area contributed by atoms with Crippen molar-refractivity contribution < 1.29 is 10.3 Å². The molecule has 0 aromatic heterocycles. The minimum atomic E-state index is 0. The molecule has 0 heterocycles. The van der Waals surface area contributed by atoms with Crippen LogP contribution in [-0.4, -0.2) is 36.2 Å². The van der Waals surface area contributed by atoms with Crippen molar-refractivity contribution in [3.8, 4) is 0 Å². The molecular formula is C5H15O2Sb. The molecule has 0 rings (SSSR count). The summed E-state index contributed by atoms with van der Waals surface area (Å²) in [6.07, 6.45) is 3.86. The molecule has 0 radical (unpaired) electrons. The van der Waals surface area contributed by atoms with Crippen LogP contribution in [0.1, 0.15) is 26.2 Å². The van der Waals surface area contributed by atoms with Gasteiger partial charge in [-0.25, -0.2) is 0 Å². The summed E-state index contributed by atoms with van der Waals surface area (Å²) < 4.78 is 0. The predicted molar refractivity (Wildman–Crippen MR) is 39.1 cm³/mol. The van der Waals surface area contributed by atoms with E-state index in [-0.39, 0.29) is 29.9 Å². The molecule has 0 saturated heterocycles. The Bertz CT molecular complexity index is 39.4. The van der Waals surface area contributed by atoms with E-state index in [1.807, 2.05) is 0 Å². The van der Waals surface area contributed by atoms with E-state index in [9.17, 15) is 4.79 Å². The van der Waals surface area contributed by atoms with E-state index in [0.717, 1.165) is 25.5 Å². The van der Waals surface area contributed by atoms with E-state index >= 15 is 0 Å². The van der Waals surface area contributed by atoms with E-state index < -0.39 is 0 Å². The molecule has 0 spiro atoms. The van der Waals surface area contributed by atoms with Crippen LogP contribution in [0.5, 0.6) is 0 Å². The summed E-state index contributed by atoms with van der Waals surface area (Å²) in [6.45, 7) is 2.07. The Balaban J connectivity index is -0.000000125. The normalized spacial score (nSPS) is 6.12. The fourth-order valence-electron chi connectivity index (χ4n) is 0.287. The second-order valence-corrected chi connectivity index (χ2v) is 1.31. The molecule has 0 saturated carbocycles. The Morgan fingerprint density at radius 2 is 2.00 bits per heavy atom. The average Bonchev–Trinajstić information content (AvgIpc) is 1.61. The summed E-state index contributed by atoms with van der Waals surface area (Å²) in [5.74, 6) is 0. The van der Waals surface area contributed by atoms with Crippen molar-refractivity contribution in [1.82, 2.24) is 0 Å². The van der Waals surface area contributed by atoms with E-state index in [1.165, 1.54) is 0 Å². The first-order valence-corrected chi connectivity index (χ1v) is 2.35. The molecule has 8 heavy (non-hydrogen) atoms. The Kier molecular flexibility index (Phi) is 30.9. The number of unbranched alkanes of at least 4 members (excludes halogenated alkanes) is 2. The Morgan fingerprint density at radius 3 is 2.12 bits per heavy atom. The Labute approximate surface area is 67.4 Å². The fraction of sp³-hybridized carbons (Fsp3) is 0.800. The van der Waals surface area contributed by atoms with Gasteiger partial charge in [-0.3, -0.25) is 0 Å². The van der Waals surface area contributed by atoms with Gasteiger partial charge in [0.2, 0.25) is 0 Å². The molecule has 0 fully saturated rings. The van der Waals surface area contributed by atoms with Crippen LogP contribution in [0.15, 0.2) is 0 Å². The van der Waals surface area contributed by atoms with Crippen LogP contribution in [0.2, 0.25) is 0 Å². The summed E-state index contributed by atoms with van der Waals surface area (Å²) >= 11 is 0. The summed E-state index contributed by atoms with van der Waals surface area (Å²) in [6, 6.07) is 0. The molecule has 0 aromatic carbocycles. The maximum absolute atomic E-state index is 9.56. The number of hydrogen-bond acceptors (Lipinski definition) is 1. The van der Waals surface area contributed by atoms with Crippen LogP contribution in [0.3, 0.4) is 0 Å². The molecule has 0 aliphatic rings.